The molecule has 1 aliphatic rings. The van der Waals surface area contributed by atoms with Crippen LogP contribution in [0.15, 0.2) is 4.79 Å². The summed E-state index contributed by atoms with van der Waals surface area (Å²) in [6, 6.07) is 0.245. The third-order valence-corrected chi connectivity index (χ3v) is 5.46. The highest BCUT2D eigenvalue weighted by Crippen LogP contribution is 2.19. The molecule has 0 bridgehead atoms. The number of aryl methyl sites for hydroxylation is 1. The molecule has 1 atom stereocenters. The fourth-order valence-electron chi connectivity index (χ4n) is 3.81. The number of aromatic nitrogens is 4. The number of hydrogen-bond donors (Lipinski definition) is 2. The normalized spacial score (nSPS) is 16.5. The molecule has 2 aromatic heterocycles. The quantitative estimate of drug-likeness (QED) is 0.605. The number of piperidine rings is 1. The monoisotopic (exact) mass is 390 g/mol. The average molecular weight is 391 g/mol. The lowest BCUT2D eigenvalue weighted by molar-refractivity contribution is 0.191. The minimum absolute atomic E-state index is 0.0143. The van der Waals surface area contributed by atoms with Crippen molar-refractivity contribution in [1.82, 2.24) is 24.4 Å². The zero-order chi connectivity index (χ0) is 19.9. The minimum atomic E-state index is -0.190. The van der Waals surface area contributed by atoms with Crippen molar-refractivity contribution in [2.24, 2.45) is 0 Å². The molecule has 0 spiro atoms. The van der Waals surface area contributed by atoms with Crippen molar-refractivity contribution in [3.05, 3.63) is 10.5 Å². The third-order valence-electron chi connectivity index (χ3n) is 5.46. The Hall–Kier alpha value is -2.09. The van der Waals surface area contributed by atoms with Gasteiger partial charge >= 0.3 is 11.7 Å². The molecule has 0 unspecified atom stereocenters. The maximum Gasteiger partial charge on any atom is 0.327 e. The number of anilines is 1. The first kappa shape index (κ1) is 20.6. The molecule has 0 aliphatic carbocycles. The highest BCUT2D eigenvalue weighted by molar-refractivity contribution is 5.81. The summed E-state index contributed by atoms with van der Waals surface area (Å²) in [6.45, 7) is 8.27. The average Bonchev–Trinajstić information content (AvgIpc) is 3.00. The number of fused-ring (bicyclic) bond motifs is 1. The van der Waals surface area contributed by atoms with Crippen LogP contribution >= 0.6 is 0 Å². The van der Waals surface area contributed by atoms with Gasteiger partial charge in [0, 0.05) is 6.54 Å². The summed E-state index contributed by atoms with van der Waals surface area (Å²) in [5.74, 6) is 0.256. The van der Waals surface area contributed by atoms with E-state index in [1.807, 2.05) is 6.92 Å². The van der Waals surface area contributed by atoms with Crippen molar-refractivity contribution >= 4 is 17.0 Å². The van der Waals surface area contributed by atoms with Gasteiger partial charge in [-0.05, 0) is 58.7 Å². The molecule has 0 aromatic carbocycles. The van der Waals surface area contributed by atoms with Gasteiger partial charge in [0.05, 0.1) is 6.10 Å². The van der Waals surface area contributed by atoms with Gasteiger partial charge in [-0.25, -0.2) is 4.79 Å². The second-order valence-electron chi connectivity index (χ2n) is 7.85. The Bertz CT molecular complexity index is 809. The van der Waals surface area contributed by atoms with Crippen LogP contribution in [0, 0.1) is 0 Å². The maximum absolute atomic E-state index is 12.4. The van der Waals surface area contributed by atoms with E-state index >= 15 is 0 Å². The Kier molecular flexibility index (Phi) is 7.30. The number of rotatable bonds is 10. The van der Waals surface area contributed by atoms with Crippen molar-refractivity contribution < 1.29 is 4.74 Å². The molecule has 156 valence electrons. The van der Waals surface area contributed by atoms with E-state index in [1.165, 1.54) is 32.4 Å². The summed E-state index contributed by atoms with van der Waals surface area (Å²) in [7, 11) is 0. The molecule has 28 heavy (non-hydrogen) atoms. The number of nitrogens with zero attached hydrogens (tertiary/aromatic N) is 4. The summed E-state index contributed by atoms with van der Waals surface area (Å²) in [5, 5.41) is 0. The van der Waals surface area contributed by atoms with Crippen molar-refractivity contribution in [1.29, 1.82) is 0 Å². The van der Waals surface area contributed by atoms with E-state index in [2.05, 4.69) is 26.8 Å². The zero-order valence-electron chi connectivity index (χ0n) is 17.2. The highest BCUT2D eigenvalue weighted by Gasteiger charge is 2.16. The van der Waals surface area contributed by atoms with Crippen LogP contribution in [0.3, 0.4) is 0 Å². The van der Waals surface area contributed by atoms with E-state index in [4.69, 9.17) is 10.5 Å². The zero-order valence-corrected chi connectivity index (χ0v) is 17.2. The van der Waals surface area contributed by atoms with Gasteiger partial charge in [-0.2, -0.15) is 9.97 Å². The molecule has 2 aromatic rings. The summed E-state index contributed by atoms with van der Waals surface area (Å²) >= 11 is 0. The topological polar surface area (TPSA) is 102 Å². The van der Waals surface area contributed by atoms with Crippen molar-refractivity contribution in [3.8, 4) is 6.01 Å². The van der Waals surface area contributed by atoms with Gasteiger partial charge in [0.25, 0.3) is 0 Å². The number of unbranched alkanes of at least 4 members (excludes halogenated alkanes) is 2. The number of likely N-dealkylation sites (tertiary alicyclic amines) is 1. The van der Waals surface area contributed by atoms with Gasteiger partial charge in [0.15, 0.2) is 11.5 Å². The predicted molar refractivity (Wildman–Crippen MR) is 112 cm³/mol. The number of imidazole rings is 1. The summed E-state index contributed by atoms with van der Waals surface area (Å²) in [5.41, 5.74) is 6.89. The van der Waals surface area contributed by atoms with Crippen LogP contribution in [0.1, 0.15) is 65.2 Å². The van der Waals surface area contributed by atoms with Crippen LogP contribution in [-0.2, 0) is 6.54 Å². The Morgan fingerprint density at radius 2 is 1.89 bits per heavy atom. The molecule has 0 radical (unpaired) electrons. The van der Waals surface area contributed by atoms with Crippen molar-refractivity contribution in [2.75, 3.05) is 25.4 Å². The Morgan fingerprint density at radius 3 is 2.64 bits per heavy atom. The lowest BCUT2D eigenvalue weighted by atomic mass is 10.1. The van der Waals surface area contributed by atoms with Crippen LogP contribution in [0.25, 0.3) is 11.2 Å². The van der Waals surface area contributed by atoms with Crippen LogP contribution in [0.5, 0.6) is 6.01 Å². The van der Waals surface area contributed by atoms with Crippen molar-refractivity contribution in [2.45, 2.75) is 77.9 Å². The lowest BCUT2D eigenvalue weighted by Crippen LogP contribution is -2.30. The predicted octanol–water partition coefficient (Wildman–Crippen LogP) is 2.93. The first-order chi connectivity index (χ1) is 13.6. The van der Waals surface area contributed by atoms with Gasteiger partial charge in [-0.15, -0.1) is 0 Å². The Morgan fingerprint density at radius 1 is 1.14 bits per heavy atom. The van der Waals surface area contributed by atoms with Crippen molar-refractivity contribution in [3.63, 3.8) is 0 Å². The summed E-state index contributed by atoms with van der Waals surface area (Å²) < 4.78 is 7.50. The molecule has 1 aliphatic heterocycles. The van der Waals surface area contributed by atoms with E-state index in [1.54, 1.807) is 4.57 Å². The first-order valence-electron chi connectivity index (χ1n) is 10.7. The van der Waals surface area contributed by atoms with E-state index in [0.717, 1.165) is 38.6 Å². The molecule has 0 amide bonds. The molecular formula is C20H34N6O2. The smallest absolute Gasteiger partial charge is 0.327 e. The number of ether oxygens (including phenoxy) is 1. The fourth-order valence-corrected chi connectivity index (χ4v) is 3.81. The number of nitrogens with two attached hydrogens (primary N) is 1. The number of aromatic amines is 1. The summed E-state index contributed by atoms with van der Waals surface area (Å²) in [6.07, 6.45) is 9.11. The van der Waals surface area contributed by atoms with Gasteiger partial charge in [-0.1, -0.05) is 26.2 Å². The number of nitrogens with one attached hydrogen (secondary N) is 1. The number of nitrogen functional groups attached to an aromatic ring is 1. The molecular weight excluding hydrogens is 356 g/mol. The molecule has 3 heterocycles. The largest absolute Gasteiger partial charge is 0.460 e. The molecule has 0 saturated carbocycles. The fraction of sp³-hybridized carbons (Fsp3) is 0.750. The van der Waals surface area contributed by atoms with E-state index < -0.39 is 0 Å². The maximum atomic E-state index is 12.4. The number of hydrogen-bond acceptors (Lipinski definition) is 6. The first-order valence-corrected chi connectivity index (χ1v) is 10.7. The van der Waals surface area contributed by atoms with Crippen LogP contribution in [0.2, 0.25) is 0 Å². The van der Waals surface area contributed by atoms with Crippen LogP contribution in [0.4, 0.5) is 5.82 Å². The van der Waals surface area contributed by atoms with E-state index in [9.17, 15) is 4.79 Å². The second kappa shape index (κ2) is 9.91. The molecule has 1 fully saturated rings. The number of H-pyrrole nitrogens is 1. The van der Waals surface area contributed by atoms with E-state index in [0.29, 0.717) is 17.7 Å². The van der Waals surface area contributed by atoms with Gasteiger partial charge in [0.1, 0.15) is 5.52 Å². The molecule has 8 heteroatoms. The standard InChI is InChI=1S/C20H34N6O2/c1-3-4-10-15(2)28-19-23-17(21)16-18(24-19)26(20(27)22-16)14-9-8-13-25-11-6-5-7-12-25/h15H,3-14H2,1-2H3,(H,22,27)(H2,21,23,24)/t15-/m0/s1. The third kappa shape index (κ3) is 5.25. The van der Waals surface area contributed by atoms with Crippen LogP contribution < -0.4 is 16.2 Å². The SMILES string of the molecule is CCCC[C@H](C)Oc1nc(N)c2[nH]c(=O)n(CCCCN3CCCCC3)c2n1. The van der Waals surface area contributed by atoms with Gasteiger partial charge < -0.3 is 20.4 Å². The second-order valence-corrected chi connectivity index (χ2v) is 7.85. The minimum Gasteiger partial charge on any atom is -0.460 e. The molecule has 8 nitrogen and oxygen atoms in total. The molecule has 3 rings (SSSR count). The van der Waals surface area contributed by atoms with Gasteiger partial charge in [0.2, 0.25) is 0 Å². The van der Waals surface area contributed by atoms with Gasteiger partial charge in [-0.3, -0.25) is 4.57 Å². The molecule has 3 N–H and O–H groups in total. The molecule has 1 saturated heterocycles. The summed E-state index contributed by atoms with van der Waals surface area (Å²) in [4.78, 5) is 26.4. The van der Waals surface area contributed by atoms with E-state index in [-0.39, 0.29) is 23.6 Å². The Labute approximate surface area is 166 Å². The van der Waals surface area contributed by atoms with Crippen LogP contribution in [-0.4, -0.2) is 50.2 Å². The lowest BCUT2D eigenvalue weighted by Gasteiger charge is -2.26. The Balaban J connectivity index is 1.65. The highest BCUT2D eigenvalue weighted by atomic mass is 16.5.